The van der Waals surface area contributed by atoms with E-state index >= 15 is 0 Å². The summed E-state index contributed by atoms with van der Waals surface area (Å²) >= 11 is 0. The lowest BCUT2D eigenvalue weighted by atomic mass is 10.1. The fourth-order valence-corrected chi connectivity index (χ4v) is 2.08. The average molecular weight is 314 g/mol. The second kappa shape index (κ2) is 6.93. The summed E-state index contributed by atoms with van der Waals surface area (Å²) in [7, 11) is 2.76. The van der Waals surface area contributed by atoms with E-state index in [1.807, 2.05) is 0 Å². The van der Waals surface area contributed by atoms with Crippen LogP contribution >= 0.6 is 0 Å². The Morgan fingerprint density at radius 1 is 1.14 bits per heavy atom. The Balaban J connectivity index is 2.30. The average Bonchev–Trinajstić information content (AvgIpc) is 2.55. The van der Waals surface area contributed by atoms with Gasteiger partial charge in [-0.25, -0.2) is 0 Å². The van der Waals surface area contributed by atoms with Gasteiger partial charge < -0.3 is 34.3 Å². The third kappa shape index (κ3) is 3.14. The molecule has 0 unspecified atom stereocenters. The van der Waals surface area contributed by atoms with Gasteiger partial charge in [0.1, 0.15) is 24.6 Å². The molecule has 1 aromatic rings. The van der Waals surface area contributed by atoms with Gasteiger partial charge in [-0.1, -0.05) is 0 Å². The highest BCUT2D eigenvalue weighted by Crippen LogP contribution is 2.39. The van der Waals surface area contributed by atoms with E-state index in [0.29, 0.717) is 11.8 Å². The first-order valence-corrected chi connectivity index (χ1v) is 6.55. The number of rotatable bonds is 5. The predicted molar refractivity (Wildman–Crippen MR) is 73.3 cm³/mol. The molecule has 4 atom stereocenters. The Bertz CT molecular complexity index is 507. The monoisotopic (exact) mass is 314 g/mol. The van der Waals surface area contributed by atoms with Crippen molar-refractivity contribution in [2.45, 2.75) is 24.6 Å². The van der Waals surface area contributed by atoms with Gasteiger partial charge in [-0.15, -0.1) is 0 Å². The van der Waals surface area contributed by atoms with Crippen LogP contribution in [0.2, 0.25) is 0 Å². The number of hydrogen-bond donors (Lipinski definition) is 3. The highest BCUT2D eigenvalue weighted by atomic mass is 16.7. The van der Waals surface area contributed by atoms with Gasteiger partial charge in [0.15, 0.2) is 11.5 Å². The quantitative estimate of drug-likeness (QED) is 0.613. The van der Waals surface area contributed by atoms with Crippen molar-refractivity contribution in [3.05, 3.63) is 17.7 Å². The van der Waals surface area contributed by atoms with E-state index in [4.69, 9.17) is 18.9 Å². The molecule has 1 saturated heterocycles. The van der Waals surface area contributed by atoms with Crippen LogP contribution in [-0.4, -0.2) is 67.0 Å². The van der Waals surface area contributed by atoms with Crippen molar-refractivity contribution in [3.63, 3.8) is 0 Å². The minimum atomic E-state index is -1.45. The zero-order valence-corrected chi connectivity index (χ0v) is 12.1. The molecule has 3 N–H and O–H groups in total. The summed E-state index contributed by atoms with van der Waals surface area (Å²) in [4.78, 5) is 10.9. The third-order valence-corrected chi connectivity index (χ3v) is 3.31. The second-order valence-corrected chi connectivity index (χ2v) is 4.74. The van der Waals surface area contributed by atoms with Crippen LogP contribution in [0.3, 0.4) is 0 Å². The van der Waals surface area contributed by atoms with Crippen LogP contribution in [0.4, 0.5) is 0 Å². The van der Waals surface area contributed by atoms with Crippen LogP contribution < -0.4 is 14.2 Å². The van der Waals surface area contributed by atoms with Gasteiger partial charge >= 0.3 is 0 Å². The minimum absolute atomic E-state index is 0.114. The van der Waals surface area contributed by atoms with Gasteiger partial charge in [0.25, 0.3) is 0 Å². The number of hydrogen-bond acceptors (Lipinski definition) is 8. The van der Waals surface area contributed by atoms with Crippen molar-refractivity contribution in [2.24, 2.45) is 0 Å². The molecular weight excluding hydrogens is 296 g/mol. The van der Waals surface area contributed by atoms with Gasteiger partial charge in [0, 0.05) is 5.56 Å². The van der Waals surface area contributed by atoms with E-state index in [0.717, 1.165) is 0 Å². The van der Waals surface area contributed by atoms with Crippen LogP contribution in [0.25, 0.3) is 0 Å². The van der Waals surface area contributed by atoms with E-state index < -0.39 is 24.6 Å². The Hall–Kier alpha value is -1.87. The molecule has 2 rings (SSSR count). The molecule has 1 heterocycles. The summed E-state index contributed by atoms with van der Waals surface area (Å²) in [6.45, 7) is -0.194. The maximum atomic E-state index is 10.9. The Labute approximate surface area is 126 Å². The Kier molecular flexibility index (Phi) is 5.19. The van der Waals surface area contributed by atoms with Crippen LogP contribution in [-0.2, 0) is 4.74 Å². The standard InChI is InChI=1S/C14H18O8/c1-19-9-3-7(5-15)4-10(20-2)13(9)22-14-12(18)11(17)8(16)6-21-14/h3-5,8,11-12,14,16-18H,6H2,1-2H3/t8-,11+,12-,14+/m1/s1. The Morgan fingerprint density at radius 2 is 1.73 bits per heavy atom. The van der Waals surface area contributed by atoms with Crippen LogP contribution in [0, 0.1) is 0 Å². The summed E-state index contributed by atoms with van der Waals surface area (Å²) in [6.07, 6.45) is -4.64. The predicted octanol–water partition coefficient (Wildman–Crippen LogP) is -0.666. The van der Waals surface area contributed by atoms with Crippen molar-refractivity contribution >= 4 is 6.29 Å². The molecule has 1 fully saturated rings. The number of benzene rings is 1. The smallest absolute Gasteiger partial charge is 0.229 e. The van der Waals surface area contributed by atoms with Crippen molar-refractivity contribution in [1.29, 1.82) is 0 Å². The third-order valence-electron chi connectivity index (χ3n) is 3.31. The van der Waals surface area contributed by atoms with E-state index in [1.165, 1.54) is 26.4 Å². The zero-order chi connectivity index (χ0) is 16.3. The fourth-order valence-electron chi connectivity index (χ4n) is 2.08. The SMILES string of the molecule is COc1cc(C=O)cc(OC)c1O[C@@H]1OC[C@@H](O)[C@H](O)[C@H]1O. The van der Waals surface area contributed by atoms with Gasteiger partial charge in [-0.05, 0) is 12.1 Å². The minimum Gasteiger partial charge on any atom is -0.493 e. The molecule has 0 bridgehead atoms. The first-order valence-electron chi connectivity index (χ1n) is 6.55. The topological polar surface area (TPSA) is 115 Å². The molecule has 0 amide bonds. The van der Waals surface area contributed by atoms with E-state index in [9.17, 15) is 20.1 Å². The number of aliphatic hydroxyl groups excluding tert-OH is 3. The summed E-state index contributed by atoms with van der Waals surface area (Å²) in [6, 6.07) is 2.87. The van der Waals surface area contributed by atoms with Gasteiger partial charge in [-0.3, -0.25) is 4.79 Å². The molecule has 0 aliphatic carbocycles. The summed E-state index contributed by atoms with van der Waals surface area (Å²) in [5.74, 6) is 0.527. The molecule has 0 saturated carbocycles. The number of aldehydes is 1. The molecule has 0 spiro atoms. The van der Waals surface area contributed by atoms with Gasteiger partial charge in [0.2, 0.25) is 12.0 Å². The first kappa shape index (κ1) is 16.5. The van der Waals surface area contributed by atoms with Crippen molar-refractivity contribution in [2.75, 3.05) is 20.8 Å². The number of methoxy groups -OCH3 is 2. The largest absolute Gasteiger partial charge is 0.493 e. The van der Waals surface area contributed by atoms with E-state index in [1.54, 1.807) is 0 Å². The maximum absolute atomic E-state index is 10.9. The number of ether oxygens (including phenoxy) is 4. The molecule has 1 aliphatic heterocycles. The lowest BCUT2D eigenvalue weighted by molar-refractivity contribution is -0.242. The number of carbonyl (C=O) groups is 1. The van der Waals surface area contributed by atoms with Crippen molar-refractivity contribution in [1.82, 2.24) is 0 Å². The molecule has 8 nitrogen and oxygen atoms in total. The number of aliphatic hydroxyl groups is 3. The molecule has 0 aromatic heterocycles. The normalized spacial score (nSPS) is 28.0. The Morgan fingerprint density at radius 3 is 2.23 bits per heavy atom. The van der Waals surface area contributed by atoms with Gasteiger partial charge in [0.05, 0.1) is 20.8 Å². The lowest BCUT2D eigenvalue weighted by Gasteiger charge is -2.35. The van der Waals surface area contributed by atoms with Crippen LogP contribution in [0.1, 0.15) is 10.4 Å². The molecule has 1 aromatic carbocycles. The van der Waals surface area contributed by atoms with E-state index in [-0.39, 0.29) is 23.9 Å². The summed E-state index contributed by atoms with van der Waals surface area (Å²) in [5, 5.41) is 29.0. The highest BCUT2D eigenvalue weighted by molar-refractivity contribution is 5.78. The van der Waals surface area contributed by atoms with E-state index in [2.05, 4.69) is 0 Å². The maximum Gasteiger partial charge on any atom is 0.229 e. The zero-order valence-electron chi connectivity index (χ0n) is 12.1. The molecular formula is C14H18O8. The van der Waals surface area contributed by atoms with Gasteiger partial charge in [-0.2, -0.15) is 0 Å². The van der Waals surface area contributed by atoms with Crippen molar-refractivity contribution < 1.29 is 39.1 Å². The van der Waals surface area contributed by atoms with Crippen molar-refractivity contribution in [3.8, 4) is 17.2 Å². The van der Waals surface area contributed by atoms with Crippen LogP contribution in [0.15, 0.2) is 12.1 Å². The fraction of sp³-hybridized carbons (Fsp3) is 0.500. The summed E-state index contributed by atoms with van der Waals surface area (Å²) < 4.78 is 21.0. The lowest BCUT2D eigenvalue weighted by Crippen LogP contribution is -2.54. The molecule has 1 aliphatic rings. The number of carbonyl (C=O) groups excluding carboxylic acids is 1. The highest BCUT2D eigenvalue weighted by Gasteiger charge is 2.39. The molecule has 122 valence electrons. The molecule has 22 heavy (non-hydrogen) atoms. The van der Waals surface area contributed by atoms with Crippen LogP contribution in [0.5, 0.6) is 17.2 Å². The first-order chi connectivity index (χ1) is 10.5. The molecule has 8 heteroatoms. The molecule has 0 radical (unpaired) electrons. The second-order valence-electron chi connectivity index (χ2n) is 4.74. The summed E-state index contributed by atoms with van der Waals surface area (Å²) in [5.41, 5.74) is 0.321.